The summed E-state index contributed by atoms with van der Waals surface area (Å²) in [5.74, 6) is 0.905. The Morgan fingerprint density at radius 2 is 2.25 bits per heavy atom. The molecular weight excluding hydrogens is 222 g/mol. The first-order valence-corrected chi connectivity index (χ1v) is 6.51. The van der Waals surface area contributed by atoms with Gasteiger partial charge in [0.25, 0.3) is 0 Å². The van der Waals surface area contributed by atoms with Crippen LogP contribution in [-0.2, 0) is 0 Å². The number of nitrogens with one attached hydrogen (secondary N) is 1. The minimum absolute atomic E-state index is 0.157. The highest BCUT2D eigenvalue weighted by atomic mass is 32.2. The number of rotatable bonds is 6. The molecule has 0 heterocycles. The van der Waals surface area contributed by atoms with Crippen LogP contribution in [0.4, 0.5) is 0 Å². The molecule has 0 spiro atoms. The van der Waals surface area contributed by atoms with E-state index in [0.717, 1.165) is 10.6 Å². The Hall–Kier alpha value is -0.710. The molecule has 16 heavy (non-hydrogen) atoms. The highest BCUT2D eigenvalue weighted by Gasteiger charge is 2.08. The molecule has 0 aliphatic heterocycles. The minimum atomic E-state index is 0.157. The molecule has 0 radical (unpaired) electrons. The Labute approximate surface area is 101 Å². The number of thioether (sulfide) groups is 1. The van der Waals surface area contributed by atoms with Crippen LogP contribution in [0.1, 0.15) is 18.5 Å². The monoisotopic (exact) mass is 241 g/mol. The summed E-state index contributed by atoms with van der Waals surface area (Å²) < 4.78 is 5.33. The number of hydrogen-bond donors (Lipinski definition) is 2. The van der Waals surface area contributed by atoms with Gasteiger partial charge in [-0.2, -0.15) is 0 Å². The van der Waals surface area contributed by atoms with E-state index in [1.165, 1.54) is 5.56 Å². The van der Waals surface area contributed by atoms with Crippen LogP contribution < -0.4 is 10.1 Å². The van der Waals surface area contributed by atoms with Crippen LogP contribution >= 0.6 is 11.8 Å². The van der Waals surface area contributed by atoms with Crippen molar-refractivity contribution in [2.75, 3.05) is 26.5 Å². The standard InChI is InChI=1S/C12H19NO2S/c1-9(13-6-7-14)10-4-5-12(16-3)11(8-10)15-2/h4-5,8-9,13-14H,6-7H2,1-3H3. The first-order valence-electron chi connectivity index (χ1n) is 5.29. The van der Waals surface area contributed by atoms with E-state index in [1.54, 1.807) is 18.9 Å². The first-order chi connectivity index (χ1) is 7.72. The van der Waals surface area contributed by atoms with Gasteiger partial charge in [-0.05, 0) is 30.9 Å². The van der Waals surface area contributed by atoms with E-state index in [-0.39, 0.29) is 12.6 Å². The molecule has 1 aromatic rings. The minimum Gasteiger partial charge on any atom is -0.496 e. The van der Waals surface area contributed by atoms with E-state index in [4.69, 9.17) is 9.84 Å². The highest BCUT2D eigenvalue weighted by molar-refractivity contribution is 7.98. The van der Waals surface area contributed by atoms with Crippen LogP contribution in [0.15, 0.2) is 23.1 Å². The summed E-state index contributed by atoms with van der Waals surface area (Å²) >= 11 is 1.67. The first kappa shape index (κ1) is 13.4. The van der Waals surface area contributed by atoms with E-state index in [2.05, 4.69) is 24.4 Å². The molecule has 0 saturated heterocycles. The van der Waals surface area contributed by atoms with E-state index >= 15 is 0 Å². The predicted octanol–water partition coefficient (Wildman–Crippen LogP) is 2.06. The average Bonchev–Trinajstić information content (AvgIpc) is 2.34. The van der Waals surface area contributed by atoms with Crippen LogP contribution in [0.25, 0.3) is 0 Å². The summed E-state index contributed by atoms with van der Waals surface area (Å²) in [6, 6.07) is 6.41. The Morgan fingerprint density at radius 3 is 2.81 bits per heavy atom. The second kappa shape index (κ2) is 6.78. The maximum absolute atomic E-state index is 8.75. The number of benzene rings is 1. The summed E-state index contributed by atoms with van der Waals surface area (Å²) in [7, 11) is 1.69. The molecule has 0 aliphatic carbocycles. The van der Waals surface area contributed by atoms with Gasteiger partial charge in [-0.25, -0.2) is 0 Å². The second-order valence-corrected chi connectivity index (χ2v) is 4.36. The molecule has 2 N–H and O–H groups in total. The maximum atomic E-state index is 8.75. The van der Waals surface area contributed by atoms with Gasteiger partial charge in [-0.15, -0.1) is 11.8 Å². The predicted molar refractivity (Wildman–Crippen MR) is 68.3 cm³/mol. The SMILES string of the molecule is COc1cc(C(C)NCCO)ccc1SC. The van der Waals surface area contributed by atoms with Crippen LogP contribution in [0.2, 0.25) is 0 Å². The van der Waals surface area contributed by atoms with E-state index in [0.29, 0.717) is 6.54 Å². The van der Waals surface area contributed by atoms with Crippen LogP contribution in [0, 0.1) is 0 Å². The van der Waals surface area contributed by atoms with Crippen molar-refractivity contribution in [1.82, 2.24) is 5.32 Å². The van der Waals surface area contributed by atoms with Crippen molar-refractivity contribution in [3.8, 4) is 5.75 Å². The largest absolute Gasteiger partial charge is 0.496 e. The number of ether oxygens (including phenoxy) is 1. The fourth-order valence-corrected chi connectivity index (χ4v) is 2.07. The van der Waals surface area contributed by atoms with Crippen molar-refractivity contribution in [2.45, 2.75) is 17.9 Å². The lowest BCUT2D eigenvalue weighted by Crippen LogP contribution is -2.22. The third kappa shape index (κ3) is 3.40. The average molecular weight is 241 g/mol. The molecule has 0 aliphatic rings. The molecule has 0 bridgehead atoms. The maximum Gasteiger partial charge on any atom is 0.132 e. The molecule has 4 heteroatoms. The molecule has 1 unspecified atom stereocenters. The summed E-state index contributed by atoms with van der Waals surface area (Å²) in [6.45, 7) is 2.83. The normalized spacial score (nSPS) is 12.5. The lowest BCUT2D eigenvalue weighted by atomic mass is 10.1. The van der Waals surface area contributed by atoms with Crippen molar-refractivity contribution < 1.29 is 9.84 Å². The van der Waals surface area contributed by atoms with Gasteiger partial charge in [-0.1, -0.05) is 6.07 Å². The van der Waals surface area contributed by atoms with E-state index in [9.17, 15) is 0 Å². The third-order valence-corrected chi connectivity index (χ3v) is 3.25. The number of methoxy groups -OCH3 is 1. The fraction of sp³-hybridized carbons (Fsp3) is 0.500. The molecule has 3 nitrogen and oxygen atoms in total. The third-order valence-electron chi connectivity index (χ3n) is 2.47. The van der Waals surface area contributed by atoms with Crippen molar-refractivity contribution in [3.05, 3.63) is 23.8 Å². The van der Waals surface area contributed by atoms with Crippen molar-refractivity contribution >= 4 is 11.8 Å². The topological polar surface area (TPSA) is 41.5 Å². The quantitative estimate of drug-likeness (QED) is 0.748. The molecule has 1 aromatic carbocycles. The molecule has 1 rings (SSSR count). The summed E-state index contributed by atoms with van der Waals surface area (Å²) in [6.07, 6.45) is 2.03. The zero-order valence-electron chi connectivity index (χ0n) is 9.99. The lowest BCUT2D eigenvalue weighted by Gasteiger charge is -2.15. The molecule has 0 fully saturated rings. The van der Waals surface area contributed by atoms with E-state index in [1.807, 2.05) is 12.3 Å². The second-order valence-electron chi connectivity index (χ2n) is 3.51. The number of aliphatic hydroxyl groups excluding tert-OH is 1. The summed E-state index contributed by atoms with van der Waals surface area (Å²) in [4.78, 5) is 1.14. The Morgan fingerprint density at radius 1 is 1.50 bits per heavy atom. The van der Waals surface area contributed by atoms with Gasteiger partial charge < -0.3 is 15.2 Å². The number of aliphatic hydroxyl groups is 1. The van der Waals surface area contributed by atoms with Gasteiger partial charge in [0.15, 0.2) is 0 Å². The van der Waals surface area contributed by atoms with Crippen LogP contribution in [0.5, 0.6) is 5.75 Å². The van der Waals surface area contributed by atoms with E-state index < -0.39 is 0 Å². The van der Waals surface area contributed by atoms with Gasteiger partial charge >= 0.3 is 0 Å². The van der Waals surface area contributed by atoms with Crippen molar-refractivity contribution in [3.63, 3.8) is 0 Å². The van der Waals surface area contributed by atoms with Gasteiger partial charge in [0.1, 0.15) is 5.75 Å². The lowest BCUT2D eigenvalue weighted by molar-refractivity contribution is 0.286. The fourth-order valence-electron chi connectivity index (χ4n) is 1.52. The van der Waals surface area contributed by atoms with Gasteiger partial charge in [-0.3, -0.25) is 0 Å². The zero-order valence-corrected chi connectivity index (χ0v) is 10.8. The molecule has 90 valence electrons. The smallest absolute Gasteiger partial charge is 0.132 e. The summed E-state index contributed by atoms with van der Waals surface area (Å²) in [5.41, 5.74) is 1.17. The van der Waals surface area contributed by atoms with Gasteiger partial charge in [0.05, 0.1) is 13.7 Å². The highest BCUT2D eigenvalue weighted by Crippen LogP contribution is 2.30. The van der Waals surface area contributed by atoms with Crippen LogP contribution in [0.3, 0.4) is 0 Å². The number of hydrogen-bond acceptors (Lipinski definition) is 4. The molecule has 0 aromatic heterocycles. The van der Waals surface area contributed by atoms with Gasteiger partial charge in [0, 0.05) is 17.5 Å². The zero-order chi connectivity index (χ0) is 12.0. The van der Waals surface area contributed by atoms with Crippen molar-refractivity contribution in [2.24, 2.45) is 0 Å². The summed E-state index contributed by atoms with van der Waals surface area (Å²) in [5, 5.41) is 12.0. The molecular formula is C12H19NO2S. The Balaban J connectivity index is 2.81. The molecule has 1 atom stereocenters. The van der Waals surface area contributed by atoms with Crippen molar-refractivity contribution in [1.29, 1.82) is 0 Å². The Bertz CT molecular complexity index is 331. The van der Waals surface area contributed by atoms with Crippen LogP contribution in [-0.4, -0.2) is 31.6 Å². The Kier molecular flexibility index (Phi) is 5.66. The van der Waals surface area contributed by atoms with Gasteiger partial charge in [0.2, 0.25) is 0 Å². The molecule has 0 amide bonds. The molecule has 0 saturated carbocycles.